The van der Waals surface area contributed by atoms with Gasteiger partial charge in [0.1, 0.15) is 0 Å². The van der Waals surface area contributed by atoms with E-state index in [1.807, 2.05) is 13.8 Å². The fraction of sp³-hybridized carbons (Fsp3) is 0.515. The SMILES string of the molecule is C=C1C2=C(C=CCC2CC=CC(C)C)C(C)(C)c2cccc(/C=C\C)c21.CC.CCC(C)C. The van der Waals surface area contributed by atoms with Gasteiger partial charge in [0.15, 0.2) is 0 Å². The van der Waals surface area contributed by atoms with Gasteiger partial charge in [-0.25, -0.2) is 0 Å². The molecule has 2 aliphatic rings. The maximum Gasteiger partial charge on any atom is 0.0155 e. The van der Waals surface area contributed by atoms with Crippen LogP contribution in [-0.4, -0.2) is 0 Å². The quantitative estimate of drug-likeness (QED) is 0.394. The summed E-state index contributed by atoms with van der Waals surface area (Å²) < 4.78 is 0. The maximum atomic E-state index is 4.59. The van der Waals surface area contributed by atoms with Crippen LogP contribution in [0.25, 0.3) is 11.6 Å². The van der Waals surface area contributed by atoms with Gasteiger partial charge in [-0.05, 0) is 70.9 Å². The Hall–Kier alpha value is -2.08. The normalized spacial score (nSPS) is 18.8. The highest BCUT2D eigenvalue weighted by atomic mass is 14.4. The Morgan fingerprint density at radius 2 is 1.76 bits per heavy atom. The molecule has 0 spiro atoms. The highest BCUT2D eigenvalue weighted by Crippen LogP contribution is 2.52. The third-order valence-electron chi connectivity index (χ3n) is 6.58. The van der Waals surface area contributed by atoms with Crippen molar-refractivity contribution < 1.29 is 0 Å². The first-order valence-electron chi connectivity index (χ1n) is 13.2. The molecule has 0 nitrogen and oxygen atoms in total. The number of hydrogen-bond donors (Lipinski definition) is 0. The average molecular weight is 447 g/mol. The zero-order valence-electron chi connectivity index (χ0n) is 23.3. The van der Waals surface area contributed by atoms with Gasteiger partial charge in [0.05, 0.1) is 0 Å². The van der Waals surface area contributed by atoms with E-state index < -0.39 is 0 Å². The van der Waals surface area contributed by atoms with Gasteiger partial charge >= 0.3 is 0 Å². The molecule has 0 N–H and O–H groups in total. The van der Waals surface area contributed by atoms with Crippen LogP contribution in [0.15, 0.2) is 66.3 Å². The Kier molecular flexibility index (Phi) is 11.9. The highest BCUT2D eigenvalue weighted by molar-refractivity contribution is 5.90. The number of hydrogen-bond acceptors (Lipinski definition) is 0. The van der Waals surface area contributed by atoms with E-state index in [9.17, 15) is 0 Å². The van der Waals surface area contributed by atoms with E-state index in [1.165, 1.54) is 39.8 Å². The van der Waals surface area contributed by atoms with Crippen LogP contribution in [0.4, 0.5) is 0 Å². The predicted molar refractivity (Wildman–Crippen MR) is 153 cm³/mol. The molecule has 1 atom stereocenters. The fourth-order valence-corrected chi connectivity index (χ4v) is 4.49. The molecule has 0 radical (unpaired) electrons. The summed E-state index contributed by atoms with van der Waals surface area (Å²) in [6.45, 7) is 26.5. The van der Waals surface area contributed by atoms with Gasteiger partial charge in [-0.3, -0.25) is 0 Å². The lowest BCUT2D eigenvalue weighted by atomic mass is 9.62. The lowest BCUT2D eigenvalue weighted by Gasteiger charge is -2.42. The second-order valence-electron chi connectivity index (χ2n) is 10.2. The lowest BCUT2D eigenvalue weighted by Crippen LogP contribution is -2.30. The van der Waals surface area contributed by atoms with Crippen molar-refractivity contribution in [2.75, 3.05) is 0 Å². The first-order valence-corrected chi connectivity index (χ1v) is 13.2. The molecule has 182 valence electrons. The van der Waals surface area contributed by atoms with E-state index in [0.29, 0.717) is 11.8 Å². The molecule has 1 aromatic carbocycles. The van der Waals surface area contributed by atoms with Crippen LogP contribution in [0.2, 0.25) is 0 Å². The van der Waals surface area contributed by atoms with E-state index in [-0.39, 0.29) is 5.41 Å². The molecule has 1 aromatic rings. The van der Waals surface area contributed by atoms with Crippen LogP contribution in [0.3, 0.4) is 0 Å². The van der Waals surface area contributed by atoms with Crippen molar-refractivity contribution in [3.05, 3.63) is 83.0 Å². The minimum atomic E-state index is 0.0143. The molecule has 0 saturated heterocycles. The Balaban J connectivity index is 0.000000689. The van der Waals surface area contributed by atoms with Crippen molar-refractivity contribution in [2.45, 2.75) is 93.9 Å². The molecule has 33 heavy (non-hydrogen) atoms. The minimum absolute atomic E-state index is 0.0143. The van der Waals surface area contributed by atoms with E-state index in [1.54, 1.807) is 0 Å². The molecule has 0 saturated carbocycles. The zero-order chi connectivity index (χ0) is 25.2. The third kappa shape index (κ3) is 7.20. The Bertz CT molecular complexity index is 881. The molecule has 3 rings (SSSR count). The number of fused-ring (bicyclic) bond motifs is 1. The van der Waals surface area contributed by atoms with E-state index in [4.69, 9.17) is 0 Å². The van der Waals surface area contributed by atoms with Gasteiger partial charge in [-0.15, -0.1) is 0 Å². The zero-order valence-corrected chi connectivity index (χ0v) is 23.3. The monoisotopic (exact) mass is 446 g/mol. The van der Waals surface area contributed by atoms with Crippen LogP contribution in [-0.2, 0) is 5.41 Å². The largest absolute Gasteiger partial charge is 0.0908 e. The third-order valence-corrected chi connectivity index (χ3v) is 6.58. The number of benzene rings is 1. The molecular weight excluding hydrogens is 396 g/mol. The summed E-state index contributed by atoms with van der Waals surface area (Å²) in [7, 11) is 0. The summed E-state index contributed by atoms with van der Waals surface area (Å²) in [6.07, 6.45) is 17.3. The smallest absolute Gasteiger partial charge is 0.0155 e. The maximum absolute atomic E-state index is 4.59. The van der Waals surface area contributed by atoms with Gasteiger partial charge in [0.25, 0.3) is 0 Å². The van der Waals surface area contributed by atoms with Crippen molar-refractivity contribution >= 4 is 11.6 Å². The van der Waals surface area contributed by atoms with Gasteiger partial charge in [0.2, 0.25) is 0 Å². The van der Waals surface area contributed by atoms with E-state index >= 15 is 0 Å². The molecule has 0 bridgehead atoms. The van der Waals surface area contributed by atoms with E-state index in [0.717, 1.165) is 18.8 Å². The van der Waals surface area contributed by atoms with Crippen LogP contribution >= 0.6 is 0 Å². The minimum Gasteiger partial charge on any atom is -0.0908 e. The summed E-state index contributed by atoms with van der Waals surface area (Å²) in [4.78, 5) is 0. The molecule has 2 aliphatic carbocycles. The predicted octanol–water partition coefficient (Wildman–Crippen LogP) is 10.6. The topological polar surface area (TPSA) is 0 Å². The molecule has 0 heterocycles. The van der Waals surface area contributed by atoms with E-state index in [2.05, 4.69) is 117 Å². The van der Waals surface area contributed by atoms with Crippen molar-refractivity contribution in [1.82, 2.24) is 0 Å². The Morgan fingerprint density at radius 1 is 1.12 bits per heavy atom. The van der Waals surface area contributed by atoms with Crippen molar-refractivity contribution in [1.29, 1.82) is 0 Å². The Morgan fingerprint density at radius 3 is 2.30 bits per heavy atom. The number of rotatable bonds is 5. The second kappa shape index (κ2) is 13.6. The molecule has 0 heteroatoms. The summed E-state index contributed by atoms with van der Waals surface area (Å²) >= 11 is 0. The van der Waals surface area contributed by atoms with Crippen molar-refractivity contribution in [3.8, 4) is 0 Å². The summed E-state index contributed by atoms with van der Waals surface area (Å²) in [5, 5.41) is 0. The molecule has 0 aliphatic heterocycles. The summed E-state index contributed by atoms with van der Waals surface area (Å²) in [6, 6.07) is 6.69. The van der Waals surface area contributed by atoms with Gasteiger partial charge < -0.3 is 0 Å². The van der Waals surface area contributed by atoms with Crippen LogP contribution in [0, 0.1) is 17.8 Å². The standard InChI is InChI=1S/C26H32.C5H12.C2H6/c1-7-11-20-14-9-16-22-24(20)19(4)25-21(13-8-12-18(2)3)15-10-17-23(25)26(22,5)6;1-4-5(2)3;1-2/h7-12,14,16-18,21H,4,13,15H2,1-3,5-6H3;5H,4H2,1-3H3;1-2H3/b11-7-,12-8?;;. The average Bonchev–Trinajstić information content (AvgIpc) is 2.79. The van der Waals surface area contributed by atoms with Crippen LogP contribution < -0.4 is 0 Å². The fourth-order valence-electron chi connectivity index (χ4n) is 4.49. The van der Waals surface area contributed by atoms with Gasteiger partial charge in [-0.2, -0.15) is 0 Å². The molecule has 0 fully saturated rings. The van der Waals surface area contributed by atoms with Gasteiger partial charge in [-0.1, -0.05) is 130 Å². The van der Waals surface area contributed by atoms with Crippen molar-refractivity contribution in [2.24, 2.45) is 17.8 Å². The summed E-state index contributed by atoms with van der Waals surface area (Å²) in [5.41, 5.74) is 8.23. The summed E-state index contributed by atoms with van der Waals surface area (Å²) in [5.74, 6) is 2.02. The highest BCUT2D eigenvalue weighted by Gasteiger charge is 2.38. The van der Waals surface area contributed by atoms with Crippen molar-refractivity contribution in [3.63, 3.8) is 0 Å². The molecule has 0 amide bonds. The van der Waals surface area contributed by atoms with Gasteiger partial charge in [0, 0.05) is 5.41 Å². The van der Waals surface area contributed by atoms with Crippen LogP contribution in [0.5, 0.6) is 0 Å². The van der Waals surface area contributed by atoms with Crippen LogP contribution in [0.1, 0.15) is 105 Å². The lowest BCUT2D eigenvalue weighted by molar-refractivity contribution is 0.566. The first-order chi connectivity index (χ1) is 15.6. The number of allylic oxidation sites excluding steroid dienone is 8. The molecule has 1 unspecified atom stereocenters. The molecule has 0 aromatic heterocycles. The second-order valence-corrected chi connectivity index (χ2v) is 10.2. The first kappa shape index (κ1) is 29.0. The molecular formula is C33H50. The Labute approximate surface area is 206 Å².